The molecule has 0 saturated carbocycles. The fourth-order valence-corrected chi connectivity index (χ4v) is 2.60. The largest absolute Gasteiger partial charge is 0.489 e. The van der Waals surface area contributed by atoms with Crippen LogP contribution in [-0.2, 0) is 6.61 Å². The fourth-order valence-electron chi connectivity index (χ4n) is 2.27. The highest BCUT2D eigenvalue weighted by molar-refractivity contribution is 9.10. The second-order valence-electron chi connectivity index (χ2n) is 5.38. The first-order valence-corrected chi connectivity index (χ1v) is 8.29. The third-order valence-electron chi connectivity index (χ3n) is 3.63. The lowest BCUT2D eigenvalue weighted by Gasteiger charge is -2.08. The molecule has 0 amide bonds. The number of ether oxygens (including phenoxy) is 1. The SMILES string of the molecule is O=C(c1ccc(F)cc1)c1ccc(OCc2ccc(Br)cc2F)cc1. The quantitative estimate of drug-likeness (QED) is 0.523. The average molecular weight is 403 g/mol. The van der Waals surface area contributed by atoms with Crippen molar-refractivity contribution in [3.8, 4) is 5.75 Å². The molecular formula is C20H13BrF2O2. The van der Waals surface area contributed by atoms with Crippen LogP contribution in [-0.4, -0.2) is 5.78 Å². The van der Waals surface area contributed by atoms with E-state index in [0.717, 1.165) is 0 Å². The molecule has 0 bridgehead atoms. The van der Waals surface area contributed by atoms with Crippen molar-refractivity contribution in [2.24, 2.45) is 0 Å². The summed E-state index contributed by atoms with van der Waals surface area (Å²) in [7, 11) is 0. The molecule has 0 aliphatic carbocycles. The molecule has 0 N–H and O–H groups in total. The van der Waals surface area contributed by atoms with Crippen LogP contribution in [0.3, 0.4) is 0 Å². The van der Waals surface area contributed by atoms with Crippen LogP contribution in [0.2, 0.25) is 0 Å². The molecule has 0 spiro atoms. The Morgan fingerprint density at radius 2 is 1.48 bits per heavy atom. The zero-order valence-corrected chi connectivity index (χ0v) is 14.6. The normalized spacial score (nSPS) is 10.5. The number of benzene rings is 3. The van der Waals surface area contributed by atoms with Crippen molar-refractivity contribution in [1.82, 2.24) is 0 Å². The topological polar surface area (TPSA) is 26.3 Å². The summed E-state index contributed by atoms with van der Waals surface area (Å²) in [6.45, 7) is 0.0877. The van der Waals surface area contributed by atoms with Crippen LogP contribution in [0, 0.1) is 11.6 Å². The van der Waals surface area contributed by atoms with Gasteiger partial charge in [0, 0.05) is 21.2 Å². The van der Waals surface area contributed by atoms with Gasteiger partial charge in [0.1, 0.15) is 24.0 Å². The molecule has 0 fully saturated rings. The fraction of sp³-hybridized carbons (Fsp3) is 0.0500. The van der Waals surface area contributed by atoms with E-state index in [0.29, 0.717) is 26.9 Å². The molecule has 0 unspecified atom stereocenters. The molecule has 0 radical (unpaired) electrons. The molecule has 0 aromatic heterocycles. The van der Waals surface area contributed by atoms with Crippen LogP contribution in [0.1, 0.15) is 21.5 Å². The van der Waals surface area contributed by atoms with Gasteiger partial charge in [0.15, 0.2) is 5.78 Å². The monoisotopic (exact) mass is 402 g/mol. The summed E-state index contributed by atoms with van der Waals surface area (Å²) in [6, 6.07) is 16.7. The summed E-state index contributed by atoms with van der Waals surface area (Å²) in [5.41, 5.74) is 1.32. The first kappa shape index (κ1) is 17.3. The molecule has 2 nitrogen and oxygen atoms in total. The maximum absolute atomic E-state index is 13.8. The molecule has 0 heterocycles. The van der Waals surface area contributed by atoms with E-state index in [9.17, 15) is 13.6 Å². The van der Waals surface area contributed by atoms with Gasteiger partial charge in [0.05, 0.1) is 0 Å². The summed E-state index contributed by atoms with van der Waals surface area (Å²) in [6.07, 6.45) is 0. The first-order valence-electron chi connectivity index (χ1n) is 7.50. The maximum Gasteiger partial charge on any atom is 0.193 e. The van der Waals surface area contributed by atoms with Crippen molar-refractivity contribution < 1.29 is 18.3 Å². The van der Waals surface area contributed by atoms with Gasteiger partial charge in [-0.3, -0.25) is 4.79 Å². The highest BCUT2D eigenvalue weighted by atomic mass is 79.9. The summed E-state index contributed by atoms with van der Waals surface area (Å²) in [5, 5.41) is 0. The number of carbonyl (C=O) groups is 1. The second-order valence-corrected chi connectivity index (χ2v) is 6.30. The first-order chi connectivity index (χ1) is 12.0. The number of ketones is 1. The summed E-state index contributed by atoms with van der Waals surface area (Å²) in [4.78, 5) is 12.3. The van der Waals surface area contributed by atoms with Gasteiger partial charge in [0.25, 0.3) is 0 Å². The molecule has 3 rings (SSSR count). The predicted octanol–water partition coefficient (Wildman–Crippen LogP) is 5.54. The van der Waals surface area contributed by atoms with Crippen molar-refractivity contribution in [1.29, 1.82) is 0 Å². The molecule has 5 heteroatoms. The lowest BCUT2D eigenvalue weighted by atomic mass is 10.0. The second kappa shape index (κ2) is 7.57. The molecular weight excluding hydrogens is 390 g/mol. The van der Waals surface area contributed by atoms with Gasteiger partial charge in [-0.15, -0.1) is 0 Å². The van der Waals surface area contributed by atoms with Gasteiger partial charge in [-0.25, -0.2) is 8.78 Å². The van der Waals surface area contributed by atoms with E-state index in [1.165, 1.54) is 30.3 Å². The Morgan fingerprint density at radius 3 is 2.08 bits per heavy atom. The number of hydrogen-bond acceptors (Lipinski definition) is 2. The Kier molecular flexibility index (Phi) is 5.24. The number of rotatable bonds is 5. The van der Waals surface area contributed by atoms with Crippen LogP contribution in [0.15, 0.2) is 71.2 Å². The van der Waals surface area contributed by atoms with Crippen LogP contribution < -0.4 is 4.74 Å². The Labute approximate surface area is 152 Å². The minimum absolute atomic E-state index is 0.0877. The Hall–Kier alpha value is -2.53. The van der Waals surface area contributed by atoms with Crippen molar-refractivity contribution in [3.05, 3.63) is 99.5 Å². The molecule has 0 aliphatic heterocycles. The standard InChI is InChI=1S/C20H13BrF2O2/c21-16-6-1-15(19(23)11-16)12-25-18-9-4-14(5-10-18)20(24)13-2-7-17(22)8-3-13/h1-11H,12H2. The minimum Gasteiger partial charge on any atom is -0.489 e. The molecule has 3 aromatic carbocycles. The highest BCUT2D eigenvalue weighted by Gasteiger charge is 2.10. The van der Waals surface area contributed by atoms with Gasteiger partial charge in [-0.05, 0) is 60.7 Å². The lowest BCUT2D eigenvalue weighted by Crippen LogP contribution is -2.02. The maximum atomic E-state index is 13.8. The minimum atomic E-state index is -0.388. The van der Waals surface area contributed by atoms with E-state index < -0.39 is 0 Å². The molecule has 0 saturated heterocycles. The van der Waals surface area contributed by atoms with Gasteiger partial charge in [-0.1, -0.05) is 22.0 Å². The number of carbonyl (C=O) groups excluding carboxylic acids is 1. The van der Waals surface area contributed by atoms with Crippen LogP contribution in [0.25, 0.3) is 0 Å². The smallest absolute Gasteiger partial charge is 0.193 e. The van der Waals surface area contributed by atoms with Crippen molar-refractivity contribution in [2.75, 3.05) is 0 Å². The van der Waals surface area contributed by atoms with Crippen molar-refractivity contribution in [2.45, 2.75) is 6.61 Å². The van der Waals surface area contributed by atoms with Crippen molar-refractivity contribution >= 4 is 21.7 Å². The van der Waals surface area contributed by atoms with Gasteiger partial charge in [-0.2, -0.15) is 0 Å². The summed E-state index contributed by atoms with van der Waals surface area (Å²) < 4.78 is 32.9. The van der Waals surface area contributed by atoms with Crippen molar-refractivity contribution in [3.63, 3.8) is 0 Å². The van der Waals surface area contributed by atoms with Crippen LogP contribution in [0.5, 0.6) is 5.75 Å². The van der Waals surface area contributed by atoms with E-state index in [4.69, 9.17) is 4.74 Å². The number of hydrogen-bond donors (Lipinski definition) is 0. The average Bonchev–Trinajstić information content (AvgIpc) is 2.61. The molecule has 0 aliphatic rings. The third-order valence-corrected chi connectivity index (χ3v) is 4.13. The van der Waals surface area contributed by atoms with E-state index >= 15 is 0 Å². The van der Waals surface area contributed by atoms with Gasteiger partial charge >= 0.3 is 0 Å². The Morgan fingerprint density at radius 1 is 0.880 bits per heavy atom. The van der Waals surface area contributed by atoms with E-state index in [1.54, 1.807) is 36.4 Å². The van der Waals surface area contributed by atoms with Gasteiger partial charge in [0.2, 0.25) is 0 Å². The highest BCUT2D eigenvalue weighted by Crippen LogP contribution is 2.19. The Bertz CT molecular complexity index is 891. The lowest BCUT2D eigenvalue weighted by molar-refractivity contribution is 0.103. The molecule has 25 heavy (non-hydrogen) atoms. The number of halogens is 3. The summed E-state index contributed by atoms with van der Waals surface area (Å²) >= 11 is 3.20. The summed E-state index contributed by atoms with van der Waals surface area (Å²) in [5.74, 6) is -0.415. The van der Waals surface area contributed by atoms with Crippen LogP contribution in [0.4, 0.5) is 8.78 Å². The zero-order valence-electron chi connectivity index (χ0n) is 13.0. The molecule has 0 atom stereocenters. The Balaban J connectivity index is 1.67. The predicted molar refractivity (Wildman–Crippen MR) is 94.7 cm³/mol. The van der Waals surface area contributed by atoms with Gasteiger partial charge < -0.3 is 4.74 Å². The van der Waals surface area contributed by atoms with E-state index in [2.05, 4.69) is 15.9 Å². The molecule has 3 aromatic rings. The zero-order chi connectivity index (χ0) is 17.8. The molecule has 126 valence electrons. The van der Waals surface area contributed by atoms with E-state index in [1.807, 2.05) is 0 Å². The van der Waals surface area contributed by atoms with Crippen LogP contribution >= 0.6 is 15.9 Å². The third kappa shape index (κ3) is 4.31. The van der Waals surface area contributed by atoms with E-state index in [-0.39, 0.29) is 24.0 Å².